The van der Waals surface area contributed by atoms with E-state index in [0.29, 0.717) is 23.7 Å². The zero-order chi connectivity index (χ0) is 21.2. The van der Waals surface area contributed by atoms with Crippen LogP contribution in [0.1, 0.15) is 10.4 Å². The lowest BCUT2D eigenvalue weighted by molar-refractivity contribution is 0.0747. The number of aromatic nitrogens is 3. The lowest BCUT2D eigenvalue weighted by Gasteiger charge is -2.35. The van der Waals surface area contributed by atoms with Gasteiger partial charge in [0.1, 0.15) is 11.5 Å². The van der Waals surface area contributed by atoms with Gasteiger partial charge in [-0.3, -0.25) is 4.79 Å². The highest BCUT2D eigenvalue weighted by atomic mass is 35.5. The van der Waals surface area contributed by atoms with E-state index in [2.05, 4.69) is 9.88 Å². The van der Waals surface area contributed by atoms with E-state index in [0.717, 1.165) is 35.2 Å². The number of nitrogens with zero attached hydrogens (tertiary/aromatic N) is 5. The van der Waals surface area contributed by atoms with E-state index >= 15 is 0 Å². The molecule has 0 bridgehead atoms. The van der Waals surface area contributed by atoms with Gasteiger partial charge in [0.2, 0.25) is 0 Å². The molecule has 1 saturated heterocycles. The molecule has 0 aliphatic carbocycles. The number of anilines is 1. The topological polar surface area (TPSA) is 54.3 Å². The molecule has 31 heavy (non-hydrogen) atoms. The summed E-state index contributed by atoms with van der Waals surface area (Å²) in [6.45, 7) is 2.70. The lowest BCUT2D eigenvalue weighted by atomic mass is 10.1. The summed E-state index contributed by atoms with van der Waals surface area (Å²) in [6.07, 6.45) is 3.50. The van der Waals surface area contributed by atoms with E-state index in [1.54, 1.807) is 22.2 Å². The van der Waals surface area contributed by atoms with Gasteiger partial charge in [-0.1, -0.05) is 35.9 Å². The number of halogens is 1. The zero-order valence-electron chi connectivity index (χ0n) is 16.7. The Balaban J connectivity index is 1.39. The summed E-state index contributed by atoms with van der Waals surface area (Å²) in [6, 6.07) is 17.6. The minimum atomic E-state index is 0.00861. The minimum absolute atomic E-state index is 0.00861. The fraction of sp³-hybridized carbons (Fsp3) is 0.174. The van der Waals surface area contributed by atoms with Crippen LogP contribution in [0.5, 0.6) is 0 Å². The third-order valence-corrected chi connectivity index (χ3v) is 6.42. The number of piperazine rings is 1. The van der Waals surface area contributed by atoms with E-state index in [1.807, 2.05) is 71.1 Å². The first-order valence-corrected chi connectivity index (χ1v) is 11.3. The lowest BCUT2D eigenvalue weighted by Crippen LogP contribution is -2.49. The van der Waals surface area contributed by atoms with Crippen LogP contribution in [0.4, 0.5) is 5.82 Å². The number of amides is 1. The summed E-state index contributed by atoms with van der Waals surface area (Å²) in [4.78, 5) is 22.9. The molecule has 0 saturated carbocycles. The van der Waals surface area contributed by atoms with E-state index in [-0.39, 0.29) is 5.91 Å². The molecule has 3 aromatic heterocycles. The van der Waals surface area contributed by atoms with Crippen molar-refractivity contribution in [2.45, 2.75) is 0 Å². The molecule has 8 heteroatoms. The van der Waals surface area contributed by atoms with Gasteiger partial charge in [-0.25, -0.2) is 9.67 Å². The fourth-order valence-electron chi connectivity index (χ4n) is 3.70. The molecular weight excluding hydrogens is 430 g/mol. The SMILES string of the molecule is O=C(c1cn(-c2ccccc2)nc1-c1cccs1)N1CCN(c2ccc(Cl)cn2)CC1. The van der Waals surface area contributed by atoms with Gasteiger partial charge in [-0.2, -0.15) is 5.10 Å². The van der Waals surface area contributed by atoms with E-state index < -0.39 is 0 Å². The highest BCUT2D eigenvalue weighted by Crippen LogP contribution is 2.29. The molecular formula is C23H20ClN5OS. The summed E-state index contributed by atoms with van der Waals surface area (Å²) >= 11 is 7.53. The molecule has 0 atom stereocenters. The first-order valence-electron chi connectivity index (χ1n) is 10.0. The van der Waals surface area contributed by atoms with Crippen molar-refractivity contribution in [1.29, 1.82) is 0 Å². The Labute approximate surface area is 189 Å². The van der Waals surface area contributed by atoms with Crippen molar-refractivity contribution in [1.82, 2.24) is 19.7 Å². The minimum Gasteiger partial charge on any atom is -0.353 e. The van der Waals surface area contributed by atoms with Crippen molar-refractivity contribution in [3.05, 3.63) is 83.0 Å². The average molecular weight is 450 g/mol. The second-order valence-corrected chi connectivity index (χ2v) is 8.65. The number of rotatable bonds is 4. The van der Waals surface area contributed by atoms with E-state index in [4.69, 9.17) is 16.7 Å². The highest BCUT2D eigenvalue weighted by molar-refractivity contribution is 7.13. The largest absolute Gasteiger partial charge is 0.353 e. The molecule has 0 spiro atoms. The van der Waals surface area contributed by atoms with Crippen LogP contribution in [-0.4, -0.2) is 51.8 Å². The number of pyridine rings is 1. The Bertz CT molecular complexity index is 1170. The summed E-state index contributed by atoms with van der Waals surface area (Å²) in [5, 5.41) is 7.38. The molecule has 0 radical (unpaired) electrons. The monoisotopic (exact) mass is 449 g/mol. The Hall–Kier alpha value is -3.16. The van der Waals surface area contributed by atoms with E-state index in [9.17, 15) is 4.79 Å². The Morgan fingerprint density at radius 2 is 1.77 bits per heavy atom. The standard InChI is InChI=1S/C23H20ClN5OS/c24-17-8-9-21(25-15-17)27-10-12-28(13-11-27)23(30)19-16-29(18-5-2-1-3-6-18)26-22(19)20-7-4-14-31-20/h1-9,14-16H,10-13H2. The molecule has 1 amide bonds. The van der Waals surface area contributed by atoms with Gasteiger partial charge < -0.3 is 9.80 Å². The maximum Gasteiger partial charge on any atom is 0.257 e. The first kappa shape index (κ1) is 19.8. The molecule has 1 aromatic carbocycles. The van der Waals surface area contributed by atoms with Crippen LogP contribution in [0.3, 0.4) is 0 Å². The number of hydrogen-bond acceptors (Lipinski definition) is 5. The van der Waals surface area contributed by atoms with Crippen molar-refractivity contribution in [3.63, 3.8) is 0 Å². The second-order valence-electron chi connectivity index (χ2n) is 7.26. The number of carbonyl (C=O) groups excluding carboxylic acids is 1. The van der Waals surface area contributed by atoms with Crippen molar-refractivity contribution in [3.8, 4) is 16.3 Å². The molecule has 1 fully saturated rings. The van der Waals surface area contributed by atoms with Gasteiger partial charge in [0.15, 0.2) is 0 Å². The van der Waals surface area contributed by atoms with Gasteiger partial charge in [0.25, 0.3) is 5.91 Å². The summed E-state index contributed by atoms with van der Waals surface area (Å²) < 4.78 is 1.79. The van der Waals surface area contributed by atoms with Gasteiger partial charge in [0, 0.05) is 38.6 Å². The van der Waals surface area contributed by atoms with Crippen molar-refractivity contribution in [2.24, 2.45) is 0 Å². The van der Waals surface area contributed by atoms with Crippen LogP contribution in [0.2, 0.25) is 5.02 Å². The van der Waals surface area contributed by atoms with Gasteiger partial charge in [0.05, 0.1) is 21.2 Å². The van der Waals surface area contributed by atoms with Crippen molar-refractivity contribution >= 4 is 34.7 Å². The van der Waals surface area contributed by atoms with Crippen molar-refractivity contribution < 1.29 is 4.79 Å². The number of para-hydroxylation sites is 1. The second kappa shape index (κ2) is 8.53. The van der Waals surface area contributed by atoms with Gasteiger partial charge in [-0.15, -0.1) is 11.3 Å². The van der Waals surface area contributed by atoms with Crippen LogP contribution < -0.4 is 4.90 Å². The predicted molar refractivity (Wildman–Crippen MR) is 124 cm³/mol. The molecule has 4 aromatic rings. The van der Waals surface area contributed by atoms with Gasteiger partial charge in [-0.05, 0) is 35.7 Å². The van der Waals surface area contributed by atoms with Crippen LogP contribution in [-0.2, 0) is 0 Å². The number of carbonyl (C=O) groups is 1. The van der Waals surface area contributed by atoms with Crippen LogP contribution in [0.25, 0.3) is 16.3 Å². The molecule has 5 rings (SSSR count). The van der Waals surface area contributed by atoms with Crippen LogP contribution >= 0.6 is 22.9 Å². The molecule has 0 unspecified atom stereocenters. The quantitative estimate of drug-likeness (QED) is 0.456. The maximum atomic E-state index is 13.5. The third-order valence-electron chi connectivity index (χ3n) is 5.32. The molecule has 1 aliphatic heterocycles. The molecule has 0 N–H and O–H groups in total. The number of thiophene rings is 1. The Morgan fingerprint density at radius 1 is 0.968 bits per heavy atom. The Kier molecular flexibility index (Phi) is 5.44. The summed E-state index contributed by atoms with van der Waals surface area (Å²) in [5.41, 5.74) is 2.29. The zero-order valence-corrected chi connectivity index (χ0v) is 18.3. The maximum absolute atomic E-state index is 13.5. The fourth-order valence-corrected chi connectivity index (χ4v) is 4.54. The molecule has 6 nitrogen and oxygen atoms in total. The number of benzene rings is 1. The molecule has 4 heterocycles. The number of hydrogen-bond donors (Lipinski definition) is 0. The summed E-state index contributed by atoms with van der Waals surface area (Å²) in [5.74, 6) is 0.891. The Morgan fingerprint density at radius 3 is 2.45 bits per heavy atom. The van der Waals surface area contributed by atoms with Crippen LogP contribution in [0.15, 0.2) is 72.4 Å². The predicted octanol–water partition coefficient (Wildman–Crippen LogP) is 4.61. The average Bonchev–Trinajstić information content (AvgIpc) is 3.50. The molecule has 1 aliphatic rings. The first-order chi connectivity index (χ1) is 15.2. The van der Waals surface area contributed by atoms with Crippen LogP contribution in [0, 0.1) is 0 Å². The summed E-state index contributed by atoms with van der Waals surface area (Å²) in [7, 11) is 0. The third kappa shape index (κ3) is 4.06. The van der Waals surface area contributed by atoms with E-state index in [1.165, 1.54) is 0 Å². The molecule has 156 valence electrons. The normalized spacial score (nSPS) is 14.1. The smallest absolute Gasteiger partial charge is 0.257 e. The van der Waals surface area contributed by atoms with Gasteiger partial charge >= 0.3 is 0 Å². The van der Waals surface area contributed by atoms with Crippen molar-refractivity contribution in [2.75, 3.05) is 31.1 Å². The highest BCUT2D eigenvalue weighted by Gasteiger charge is 2.27.